The standard InChI is InChI=1S/C22H24O7S/c1-13(23)26-12-20-22(28-15(3)25)19(27-14(2)24)11-21(29-20)30-18-9-8-16-6-4-5-7-17(16)10-18/h4-10,19-22H,11-12H2,1-3H3/t19-,20-,21-,22-/m1/s1. The van der Waals surface area contributed by atoms with Gasteiger partial charge in [0.05, 0.1) is 0 Å². The van der Waals surface area contributed by atoms with E-state index in [2.05, 4.69) is 6.07 Å². The molecule has 4 atom stereocenters. The molecule has 30 heavy (non-hydrogen) atoms. The lowest BCUT2D eigenvalue weighted by molar-refractivity contribution is -0.204. The summed E-state index contributed by atoms with van der Waals surface area (Å²) in [5.74, 6) is -1.50. The first kappa shape index (κ1) is 22.1. The van der Waals surface area contributed by atoms with E-state index in [1.54, 1.807) is 0 Å². The third-order valence-corrected chi connectivity index (χ3v) is 5.64. The van der Waals surface area contributed by atoms with Gasteiger partial charge in [-0.1, -0.05) is 42.1 Å². The van der Waals surface area contributed by atoms with Gasteiger partial charge in [-0.25, -0.2) is 0 Å². The van der Waals surface area contributed by atoms with Crippen molar-refractivity contribution in [1.29, 1.82) is 0 Å². The van der Waals surface area contributed by atoms with Crippen LogP contribution in [0.15, 0.2) is 47.4 Å². The lowest BCUT2D eigenvalue weighted by Crippen LogP contribution is -2.53. The van der Waals surface area contributed by atoms with Crippen molar-refractivity contribution in [2.45, 2.75) is 55.8 Å². The predicted molar refractivity (Wildman–Crippen MR) is 111 cm³/mol. The summed E-state index contributed by atoms with van der Waals surface area (Å²) in [7, 11) is 0. The van der Waals surface area contributed by atoms with Crippen LogP contribution in [0.2, 0.25) is 0 Å². The van der Waals surface area contributed by atoms with Gasteiger partial charge in [0.25, 0.3) is 0 Å². The van der Waals surface area contributed by atoms with Crippen LogP contribution in [0.3, 0.4) is 0 Å². The average Bonchev–Trinajstić information content (AvgIpc) is 2.67. The molecule has 1 fully saturated rings. The van der Waals surface area contributed by atoms with E-state index in [9.17, 15) is 14.4 Å². The minimum absolute atomic E-state index is 0.111. The van der Waals surface area contributed by atoms with Crippen LogP contribution < -0.4 is 0 Å². The molecule has 8 heteroatoms. The molecular weight excluding hydrogens is 408 g/mol. The molecule has 7 nitrogen and oxygen atoms in total. The number of rotatable bonds is 6. The summed E-state index contributed by atoms with van der Waals surface area (Å²) in [6.07, 6.45) is -2.00. The van der Waals surface area contributed by atoms with Crippen molar-refractivity contribution >= 4 is 40.4 Å². The molecule has 0 bridgehead atoms. The summed E-state index contributed by atoms with van der Waals surface area (Å²) in [5, 5.41) is 2.23. The number of benzene rings is 2. The third-order valence-electron chi connectivity index (χ3n) is 4.54. The fourth-order valence-electron chi connectivity index (χ4n) is 3.36. The van der Waals surface area contributed by atoms with E-state index in [1.165, 1.54) is 32.5 Å². The molecule has 0 N–H and O–H groups in total. The first-order chi connectivity index (χ1) is 14.3. The van der Waals surface area contributed by atoms with Gasteiger partial charge in [0.1, 0.15) is 24.3 Å². The molecule has 0 unspecified atom stereocenters. The Hall–Kier alpha value is -2.58. The Kier molecular flexibility index (Phi) is 7.33. The van der Waals surface area contributed by atoms with Crippen LogP contribution in [0.4, 0.5) is 0 Å². The molecule has 0 spiro atoms. The van der Waals surface area contributed by atoms with Crippen molar-refractivity contribution in [3.8, 4) is 0 Å². The van der Waals surface area contributed by atoms with Crippen molar-refractivity contribution in [2.75, 3.05) is 6.61 Å². The van der Waals surface area contributed by atoms with E-state index >= 15 is 0 Å². The van der Waals surface area contributed by atoms with Crippen molar-refractivity contribution in [1.82, 2.24) is 0 Å². The Morgan fingerprint density at radius 2 is 1.67 bits per heavy atom. The van der Waals surface area contributed by atoms with Crippen molar-refractivity contribution < 1.29 is 33.3 Å². The van der Waals surface area contributed by atoms with E-state index < -0.39 is 36.2 Å². The summed E-state index contributed by atoms with van der Waals surface area (Å²) in [5.41, 5.74) is -0.386. The van der Waals surface area contributed by atoms with E-state index in [-0.39, 0.29) is 12.0 Å². The molecule has 160 valence electrons. The zero-order valence-corrected chi connectivity index (χ0v) is 17.8. The molecule has 1 aliphatic rings. The fraction of sp³-hybridized carbons (Fsp3) is 0.409. The molecule has 1 saturated heterocycles. The smallest absolute Gasteiger partial charge is 0.303 e. The van der Waals surface area contributed by atoms with Gasteiger partial charge in [-0.3, -0.25) is 14.4 Å². The van der Waals surface area contributed by atoms with Gasteiger partial charge in [0, 0.05) is 32.1 Å². The van der Waals surface area contributed by atoms with Crippen molar-refractivity contribution in [2.24, 2.45) is 0 Å². The number of esters is 3. The van der Waals surface area contributed by atoms with Crippen molar-refractivity contribution in [3.63, 3.8) is 0 Å². The van der Waals surface area contributed by atoms with E-state index in [4.69, 9.17) is 18.9 Å². The predicted octanol–water partition coefficient (Wildman–Crippen LogP) is 3.47. The van der Waals surface area contributed by atoms with Gasteiger partial charge < -0.3 is 18.9 Å². The average molecular weight is 432 g/mol. The monoisotopic (exact) mass is 432 g/mol. The Morgan fingerprint density at radius 3 is 2.33 bits per heavy atom. The molecule has 0 amide bonds. The lowest BCUT2D eigenvalue weighted by Gasteiger charge is -2.39. The lowest BCUT2D eigenvalue weighted by atomic mass is 10.0. The number of carbonyl (C=O) groups is 3. The highest BCUT2D eigenvalue weighted by Gasteiger charge is 2.44. The molecule has 0 aliphatic carbocycles. The SMILES string of the molecule is CC(=O)OC[C@H]1O[C@H](Sc2ccc3ccccc3c2)C[C@@H](OC(C)=O)[C@H]1OC(C)=O. The summed E-state index contributed by atoms with van der Waals surface area (Å²) >= 11 is 1.47. The summed E-state index contributed by atoms with van der Waals surface area (Å²) in [6, 6.07) is 14.1. The zero-order valence-electron chi connectivity index (χ0n) is 17.0. The number of fused-ring (bicyclic) bond motifs is 1. The molecular formula is C22H24O7S. The first-order valence-corrected chi connectivity index (χ1v) is 10.5. The van der Waals surface area contributed by atoms with E-state index in [1.807, 2.05) is 36.4 Å². The molecule has 1 heterocycles. The van der Waals surface area contributed by atoms with Gasteiger partial charge in [0.15, 0.2) is 6.10 Å². The highest BCUT2D eigenvalue weighted by molar-refractivity contribution is 7.99. The minimum atomic E-state index is -0.862. The molecule has 0 aromatic heterocycles. The largest absolute Gasteiger partial charge is 0.463 e. The topological polar surface area (TPSA) is 88.1 Å². The number of ether oxygens (including phenoxy) is 4. The third kappa shape index (κ3) is 5.96. The minimum Gasteiger partial charge on any atom is -0.463 e. The van der Waals surface area contributed by atoms with Gasteiger partial charge in [-0.2, -0.15) is 0 Å². The Balaban J connectivity index is 1.81. The number of carbonyl (C=O) groups excluding carboxylic acids is 3. The van der Waals surface area contributed by atoms with Crippen molar-refractivity contribution in [3.05, 3.63) is 42.5 Å². The maximum Gasteiger partial charge on any atom is 0.303 e. The van der Waals surface area contributed by atoms with Gasteiger partial charge >= 0.3 is 17.9 Å². The van der Waals surface area contributed by atoms with Crippen LogP contribution in [0.25, 0.3) is 10.8 Å². The quantitative estimate of drug-likeness (QED) is 0.506. The van der Waals surface area contributed by atoms with E-state index in [0.29, 0.717) is 6.42 Å². The molecule has 2 aromatic rings. The van der Waals surface area contributed by atoms with Crippen LogP contribution >= 0.6 is 11.8 Å². The van der Waals surface area contributed by atoms with Gasteiger partial charge in [-0.15, -0.1) is 0 Å². The number of hydrogen-bond acceptors (Lipinski definition) is 8. The maximum absolute atomic E-state index is 11.6. The van der Waals surface area contributed by atoms with Crippen LogP contribution in [-0.4, -0.2) is 48.3 Å². The summed E-state index contributed by atoms with van der Waals surface area (Å²) in [6.45, 7) is 3.74. The summed E-state index contributed by atoms with van der Waals surface area (Å²) in [4.78, 5) is 35.5. The van der Waals surface area contributed by atoms with Crippen LogP contribution in [0.1, 0.15) is 27.2 Å². The van der Waals surface area contributed by atoms with Gasteiger partial charge in [-0.05, 0) is 22.9 Å². The second-order valence-electron chi connectivity index (χ2n) is 6.99. The first-order valence-electron chi connectivity index (χ1n) is 9.60. The summed E-state index contributed by atoms with van der Waals surface area (Å²) < 4.78 is 22.0. The van der Waals surface area contributed by atoms with Crippen LogP contribution in [0, 0.1) is 0 Å². The molecule has 0 radical (unpaired) electrons. The Labute approximate surface area is 179 Å². The van der Waals surface area contributed by atoms with Gasteiger partial charge in [0.2, 0.25) is 0 Å². The fourth-order valence-corrected chi connectivity index (χ4v) is 4.49. The highest BCUT2D eigenvalue weighted by atomic mass is 32.2. The second kappa shape index (κ2) is 9.95. The van der Waals surface area contributed by atoms with Crippen LogP contribution in [-0.2, 0) is 33.3 Å². The highest BCUT2D eigenvalue weighted by Crippen LogP contribution is 2.36. The van der Waals surface area contributed by atoms with Crippen LogP contribution in [0.5, 0.6) is 0 Å². The zero-order chi connectivity index (χ0) is 21.7. The molecule has 2 aromatic carbocycles. The van der Waals surface area contributed by atoms with E-state index in [0.717, 1.165) is 15.7 Å². The number of hydrogen-bond donors (Lipinski definition) is 0. The Morgan fingerprint density at radius 1 is 0.967 bits per heavy atom. The second-order valence-corrected chi connectivity index (χ2v) is 8.22. The number of thioether (sulfide) groups is 1. The Bertz CT molecular complexity index is 929. The molecule has 1 aliphatic heterocycles. The molecule has 0 saturated carbocycles. The molecule has 3 rings (SSSR count). The maximum atomic E-state index is 11.6. The normalized spacial score (nSPS) is 23.6.